The van der Waals surface area contributed by atoms with E-state index in [0.29, 0.717) is 21.0 Å². The van der Waals surface area contributed by atoms with Gasteiger partial charge in [-0.15, -0.1) is 11.3 Å². The number of hydrogen-bond acceptors (Lipinski definition) is 5. The molecule has 0 saturated heterocycles. The van der Waals surface area contributed by atoms with Crippen LogP contribution in [0.25, 0.3) is 0 Å². The highest BCUT2D eigenvalue weighted by Gasteiger charge is 2.24. The number of anilines is 1. The van der Waals surface area contributed by atoms with Crippen LogP contribution in [-0.2, 0) is 9.53 Å². The molecule has 0 spiro atoms. The molecular formula is C16H22N2O3S. The Hall–Kier alpha value is -1.87. The molecule has 1 aromatic rings. The van der Waals surface area contributed by atoms with Crippen LogP contribution in [0.15, 0.2) is 0 Å². The maximum Gasteiger partial charge on any atom is 0.348 e. The van der Waals surface area contributed by atoms with Crippen LogP contribution >= 0.6 is 11.3 Å². The van der Waals surface area contributed by atoms with E-state index in [4.69, 9.17) is 4.74 Å². The minimum Gasteiger partial charge on any atom is -0.459 e. The topological polar surface area (TPSA) is 79.2 Å². The quantitative estimate of drug-likeness (QED) is 0.806. The minimum absolute atomic E-state index is 0.0972. The Balaban J connectivity index is 3.09. The zero-order chi connectivity index (χ0) is 16.9. The van der Waals surface area contributed by atoms with Crippen molar-refractivity contribution in [1.29, 1.82) is 5.26 Å². The summed E-state index contributed by atoms with van der Waals surface area (Å²) < 4.78 is 5.17. The molecule has 5 nitrogen and oxygen atoms in total. The third kappa shape index (κ3) is 4.08. The van der Waals surface area contributed by atoms with Gasteiger partial charge in [0, 0.05) is 5.92 Å². The van der Waals surface area contributed by atoms with Gasteiger partial charge in [-0.25, -0.2) is 4.79 Å². The van der Waals surface area contributed by atoms with E-state index in [1.807, 2.05) is 13.8 Å². The van der Waals surface area contributed by atoms with Gasteiger partial charge in [0.15, 0.2) is 0 Å². The molecule has 1 amide bonds. The highest BCUT2D eigenvalue weighted by atomic mass is 32.1. The van der Waals surface area contributed by atoms with Gasteiger partial charge in [0.2, 0.25) is 5.91 Å². The zero-order valence-corrected chi connectivity index (χ0v) is 14.5. The highest BCUT2D eigenvalue weighted by molar-refractivity contribution is 7.18. The van der Waals surface area contributed by atoms with Crippen LogP contribution in [0.5, 0.6) is 0 Å². The van der Waals surface area contributed by atoms with E-state index >= 15 is 0 Å². The average Bonchev–Trinajstić information content (AvgIpc) is 2.75. The van der Waals surface area contributed by atoms with Gasteiger partial charge in [-0.05, 0) is 39.2 Å². The van der Waals surface area contributed by atoms with Crippen LogP contribution in [-0.4, -0.2) is 18.0 Å². The van der Waals surface area contributed by atoms with E-state index in [1.54, 1.807) is 20.8 Å². The van der Waals surface area contributed by atoms with Crippen molar-refractivity contribution in [3.8, 4) is 6.07 Å². The van der Waals surface area contributed by atoms with Crippen LogP contribution in [0.2, 0.25) is 0 Å². The fraction of sp³-hybridized carbons (Fsp3) is 0.562. The Kier molecular flexibility index (Phi) is 6.57. The van der Waals surface area contributed by atoms with Gasteiger partial charge in [0.1, 0.15) is 15.9 Å². The molecule has 0 radical (unpaired) electrons. The number of nitrogens with one attached hydrogen (secondary N) is 1. The summed E-state index contributed by atoms with van der Waals surface area (Å²) in [5.41, 5.74) is 0.887. The molecule has 0 atom stereocenters. The van der Waals surface area contributed by atoms with Gasteiger partial charge < -0.3 is 10.1 Å². The Bertz CT molecular complexity index is 595. The number of hydrogen-bond donors (Lipinski definition) is 1. The van der Waals surface area contributed by atoms with E-state index in [-0.39, 0.29) is 17.9 Å². The third-order valence-corrected chi connectivity index (χ3v) is 4.57. The van der Waals surface area contributed by atoms with Crippen LogP contribution < -0.4 is 5.32 Å². The number of esters is 1. The van der Waals surface area contributed by atoms with E-state index in [9.17, 15) is 14.9 Å². The van der Waals surface area contributed by atoms with Crippen molar-refractivity contribution < 1.29 is 14.3 Å². The zero-order valence-electron chi connectivity index (χ0n) is 13.6. The summed E-state index contributed by atoms with van der Waals surface area (Å²) in [7, 11) is 0. The van der Waals surface area contributed by atoms with Gasteiger partial charge in [-0.3, -0.25) is 4.79 Å². The number of amides is 1. The summed E-state index contributed by atoms with van der Waals surface area (Å²) in [4.78, 5) is 24.6. The molecule has 0 aromatic carbocycles. The molecule has 0 fully saturated rings. The third-order valence-electron chi connectivity index (χ3n) is 3.38. The summed E-state index contributed by atoms with van der Waals surface area (Å²) in [5.74, 6) is -0.677. The lowest BCUT2D eigenvalue weighted by molar-refractivity contribution is -0.120. The van der Waals surface area contributed by atoms with Crippen molar-refractivity contribution in [1.82, 2.24) is 0 Å². The van der Waals surface area contributed by atoms with Crippen molar-refractivity contribution in [2.24, 2.45) is 5.92 Å². The van der Waals surface area contributed by atoms with Gasteiger partial charge in [0.05, 0.1) is 11.7 Å². The van der Waals surface area contributed by atoms with Crippen molar-refractivity contribution in [3.05, 3.63) is 16.0 Å². The van der Waals surface area contributed by atoms with Crippen molar-refractivity contribution in [2.75, 3.05) is 5.32 Å². The molecule has 0 bridgehead atoms. The second-order valence-corrected chi connectivity index (χ2v) is 6.35. The Morgan fingerprint density at radius 2 is 1.91 bits per heavy atom. The standard InChI is InChI=1S/C16H22N2O3S/c1-6-11(7-2)14(19)18-15-12(8-17)10(5)13(22-15)16(20)21-9(3)4/h9,11H,6-7H2,1-5H3,(H,18,19). The number of carbonyl (C=O) groups excluding carboxylic acids is 2. The predicted molar refractivity (Wildman–Crippen MR) is 87.0 cm³/mol. The molecule has 1 rings (SSSR count). The van der Waals surface area contributed by atoms with Crippen molar-refractivity contribution in [3.63, 3.8) is 0 Å². The summed E-state index contributed by atoms with van der Waals surface area (Å²) >= 11 is 1.10. The summed E-state index contributed by atoms with van der Waals surface area (Å²) in [5, 5.41) is 12.5. The molecule has 6 heteroatoms. The SMILES string of the molecule is CCC(CC)C(=O)Nc1sc(C(=O)OC(C)C)c(C)c1C#N. The van der Waals surface area contributed by atoms with Gasteiger partial charge in [-0.2, -0.15) is 5.26 Å². The number of thiophene rings is 1. The molecule has 1 aromatic heterocycles. The van der Waals surface area contributed by atoms with E-state index < -0.39 is 5.97 Å². The Labute approximate surface area is 135 Å². The van der Waals surface area contributed by atoms with Crippen LogP contribution in [0.4, 0.5) is 5.00 Å². The van der Waals surface area contributed by atoms with Crippen LogP contribution in [0.3, 0.4) is 0 Å². The van der Waals surface area contributed by atoms with Crippen molar-refractivity contribution >= 4 is 28.2 Å². The first-order chi connectivity index (χ1) is 10.3. The predicted octanol–water partition coefficient (Wildman–Crippen LogP) is 3.87. The number of rotatable bonds is 6. The second kappa shape index (κ2) is 7.95. The maximum atomic E-state index is 12.2. The molecular weight excluding hydrogens is 300 g/mol. The van der Waals surface area contributed by atoms with Crippen molar-refractivity contribution in [2.45, 2.75) is 53.6 Å². The number of nitriles is 1. The van der Waals surface area contributed by atoms with E-state index in [2.05, 4.69) is 11.4 Å². The normalized spacial score (nSPS) is 10.6. The lowest BCUT2D eigenvalue weighted by Gasteiger charge is -2.11. The number of ether oxygens (including phenoxy) is 1. The summed E-state index contributed by atoms with van der Waals surface area (Å²) in [6.45, 7) is 9.12. The van der Waals surface area contributed by atoms with Crippen LogP contribution in [0.1, 0.15) is 61.3 Å². The van der Waals surface area contributed by atoms with E-state index in [1.165, 1.54) is 0 Å². The van der Waals surface area contributed by atoms with Gasteiger partial charge >= 0.3 is 5.97 Å². The van der Waals surface area contributed by atoms with Gasteiger partial charge in [-0.1, -0.05) is 13.8 Å². The first-order valence-electron chi connectivity index (χ1n) is 7.40. The smallest absolute Gasteiger partial charge is 0.348 e. The lowest BCUT2D eigenvalue weighted by Crippen LogP contribution is -2.21. The first kappa shape index (κ1) is 18.2. The monoisotopic (exact) mass is 322 g/mol. The van der Waals surface area contributed by atoms with Crippen LogP contribution in [0, 0.1) is 24.2 Å². The number of nitrogens with zero attached hydrogens (tertiary/aromatic N) is 1. The Morgan fingerprint density at radius 1 is 1.32 bits per heavy atom. The summed E-state index contributed by atoms with van der Waals surface area (Å²) in [6, 6.07) is 2.06. The molecule has 1 N–H and O–H groups in total. The molecule has 0 aliphatic carbocycles. The maximum absolute atomic E-state index is 12.2. The average molecular weight is 322 g/mol. The second-order valence-electron chi connectivity index (χ2n) is 5.33. The highest BCUT2D eigenvalue weighted by Crippen LogP contribution is 2.33. The largest absolute Gasteiger partial charge is 0.459 e. The fourth-order valence-electron chi connectivity index (χ4n) is 2.07. The number of carbonyl (C=O) groups is 2. The molecule has 0 saturated carbocycles. The van der Waals surface area contributed by atoms with Gasteiger partial charge in [0.25, 0.3) is 0 Å². The first-order valence-corrected chi connectivity index (χ1v) is 8.22. The van der Waals surface area contributed by atoms with E-state index in [0.717, 1.165) is 24.2 Å². The molecule has 22 heavy (non-hydrogen) atoms. The molecule has 1 heterocycles. The molecule has 0 aliphatic heterocycles. The summed E-state index contributed by atoms with van der Waals surface area (Å²) in [6.07, 6.45) is 1.23. The molecule has 0 unspecified atom stereocenters. The Morgan fingerprint density at radius 3 is 2.36 bits per heavy atom. The molecule has 120 valence electrons. The minimum atomic E-state index is -0.461. The lowest BCUT2D eigenvalue weighted by atomic mass is 10.0. The molecule has 0 aliphatic rings. The fourth-order valence-corrected chi connectivity index (χ4v) is 3.12.